The van der Waals surface area contributed by atoms with E-state index in [1.807, 2.05) is 19.9 Å². The molecule has 0 aliphatic rings. The standard InChI is InChI=1S/C21H20FN3O3/c1-14(2)23-19(26)13-27-18-6-4-3-5-17(18)21-24-20(28-25-21)12-9-15-7-10-16(22)11-8-15/h3-12,14H,13H2,1-2H3,(H,23,26)/b12-9+. The van der Waals surface area contributed by atoms with Crippen molar-refractivity contribution in [1.29, 1.82) is 0 Å². The number of nitrogens with one attached hydrogen (secondary N) is 1. The topological polar surface area (TPSA) is 77.2 Å². The van der Waals surface area contributed by atoms with Crippen LogP contribution in [0.15, 0.2) is 53.1 Å². The van der Waals surface area contributed by atoms with Gasteiger partial charge in [-0.1, -0.05) is 29.4 Å². The summed E-state index contributed by atoms with van der Waals surface area (Å²) in [5.74, 6) is 0.623. The average molecular weight is 381 g/mol. The van der Waals surface area contributed by atoms with Crippen molar-refractivity contribution in [2.24, 2.45) is 0 Å². The monoisotopic (exact) mass is 381 g/mol. The second kappa shape index (κ2) is 8.94. The molecule has 1 N–H and O–H groups in total. The third-order valence-corrected chi connectivity index (χ3v) is 3.67. The van der Waals surface area contributed by atoms with E-state index in [2.05, 4.69) is 15.5 Å². The maximum Gasteiger partial charge on any atom is 0.258 e. The Morgan fingerprint density at radius 1 is 1.18 bits per heavy atom. The number of hydrogen-bond donors (Lipinski definition) is 1. The number of rotatable bonds is 7. The number of carbonyl (C=O) groups is 1. The number of benzene rings is 2. The van der Waals surface area contributed by atoms with Gasteiger partial charge in [0.2, 0.25) is 5.82 Å². The molecule has 7 heteroatoms. The van der Waals surface area contributed by atoms with Crippen LogP contribution < -0.4 is 10.1 Å². The maximum atomic E-state index is 13.0. The summed E-state index contributed by atoms with van der Waals surface area (Å²) in [5, 5.41) is 6.74. The maximum absolute atomic E-state index is 13.0. The van der Waals surface area contributed by atoms with Crippen molar-refractivity contribution >= 4 is 18.1 Å². The molecule has 3 rings (SSSR count). The summed E-state index contributed by atoms with van der Waals surface area (Å²) in [5.41, 5.74) is 1.42. The third-order valence-electron chi connectivity index (χ3n) is 3.67. The molecule has 0 saturated heterocycles. The lowest BCUT2D eigenvalue weighted by molar-refractivity contribution is -0.123. The van der Waals surface area contributed by atoms with E-state index in [-0.39, 0.29) is 24.4 Å². The molecule has 6 nitrogen and oxygen atoms in total. The van der Waals surface area contributed by atoms with Crippen LogP contribution in [0.2, 0.25) is 0 Å². The first kappa shape index (κ1) is 19.3. The van der Waals surface area contributed by atoms with Gasteiger partial charge in [0.25, 0.3) is 11.8 Å². The van der Waals surface area contributed by atoms with Crippen LogP contribution in [0.1, 0.15) is 25.3 Å². The van der Waals surface area contributed by atoms with Crippen molar-refractivity contribution in [3.63, 3.8) is 0 Å². The van der Waals surface area contributed by atoms with Crippen LogP contribution in [-0.4, -0.2) is 28.7 Å². The van der Waals surface area contributed by atoms with Crippen LogP contribution in [0.5, 0.6) is 5.75 Å². The zero-order valence-electron chi connectivity index (χ0n) is 15.6. The van der Waals surface area contributed by atoms with Gasteiger partial charge in [-0.05, 0) is 49.8 Å². The smallest absolute Gasteiger partial charge is 0.258 e. The van der Waals surface area contributed by atoms with Gasteiger partial charge in [0, 0.05) is 12.1 Å². The Morgan fingerprint density at radius 2 is 1.93 bits per heavy atom. The summed E-state index contributed by atoms with van der Waals surface area (Å²) >= 11 is 0. The average Bonchev–Trinajstić information content (AvgIpc) is 3.14. The summed E-state index contributed by atoms with van der Waals surface area (Å²) in [4.78, 5) is 16.1. The van der Waals surface area contributed by atoms with Crippen LogP contribution >= 0.6 is 0 Å². The van der Waals surface area contributed by atoms with Gasteiger partial charge in [-0.15, -0.1) is 0 Å². The first-order chi connectivity index (χ1) is 13.5. The molecule has 144 valence electrons. The highest BCUT2D eigenvalue weighted by molar-refractivity contribution is 5.78. The Hall–Kier alpha value is -3.48. The molecule has 1 aromatic heterocycles. The van der Waals surface area contributed by atoms with Crippen molar-refractivity contribution in [3.8, 4) is 17.1 Å². The van der Waals surface area contributed by atoms with Crippen LogP contribution in [0.4, 0.5) is 4.39 Å². The number of carbonyl (C=O) groups excluding carboxylic acids is 1. The van der Waals surface area contributed by atoms with Crippen molar-refractivity contribution < 1.29 is 18.4 Å². The Morgan fingerprint density at radius 3 is 2.68 bits per heavy atom. The van der Waals surface area contributed by atoms with Crippen LogP contribution in [0.3, 0.4) is 0 Å². The van der Waals surface area contributed by atoms with E-state index in [1.165, 1.54) is 12.1 Å². The predicted molar refractivity (Wildman–Crippen MR) is 104 cm³/mol. The molecule has 0 atom stereocenters. The molecule has 0 unspecified atom stereocenters. The molecule has 1 heterocycles. The number of amides is 1. The Kier molecular flexibility index (Phi) is 6.16. The number of aromatic nitrogens is 2. The summed E-state index contributed by atoms with van der Waals surface area (Å²) in [6.45, 7) is 3.66. The van der Waals surface area contributed by atoms with E-state index in [9.17, 15) is 9.18 Å². The van der Waals surface area contributed by atoms with Crippen LogP contribution in [0.25, 0.3) is 23.5 Å². The molecular weight excluding hydrogens is 361 g/mol. The van der Waals surface area contributed by atoms with E-state index >= 15 is 0 Å². The fourth-order valence-corrected chi connectivity index (χ4v) is 2.44. The van der Waals surface area contributed by atoms with Crippen molar-refractivity contribution in [3.05, 3.63) is 65.8 Å². The molecular formula is C21H20FN3O3. The predicted octanol–water partition coefficient (Wildman–Crippen LogP) is 3.95. The van der Waals surface area contributed by atoms with E-state index in [4.69, 9.17) is 9.26 Å². The van der Waals surface area contributed by atoms with Gasteiger partial charge in [-0.2, -0.15) is 4.98 Å². The lowest BCUT2D eigenvalue weighted by atomic mass is 10.2. The molecule has 1 amide bonds. The highest BCUT2D eigenvalue weighted by atomic mass is 19.1. The SMILES string of the molecule is CC(C)NC(=O)COc1ccccc1-c1noc(/C=C/c2ccc(F)cc2)n1. The Bertz CT molecular complexity index is 965. The van der Waals surface area contributed by atoms with Crippen molar-refractivity contribution in [1.82, 2.24) is 15.5 Å². The van der Waals surface area contributed by atoms with Gasteiger partial charge in [-0.25, -0.2) is 4.39 Å². The number of nitrogens with zero attached hydrogens (tertiary/aromatic N) is 2. The molecule has 0 bridgehead atoms. The quantitative estimate of drug-likeness (QED) is 0.671. The summed E-state index contributed by atoms with van der Waals surface area (Å²) in [7, 11) is 0. The van der Waals surface area contributed by atoms with E-state index in [0.717, 1.165) is 5.56 Å². The van der Waals surface area contributed by atoms with Gasteiger partial charge in [0.1, 0.15) is 11.6 Å². The molecule has 0 aliphatic heterocycles. The Balaban J connectivity index is 1.72. The lowest BCUT2D eigenvalue weighted by Gasteiger charge is -2.11. The minimum atomic E-state index is -0.295. The van der Waals surface area contributed by atoms with E-state index in [1.54, 1.807) is 42.5 Å². The van der Waals surface area contributed by atoms with Gasteiger partial charge in [0.05, 0.1) is 5.56 Å². The minimum Gasteiger partial charge on any atom is -0.483 e. The fraction of sp³-hybridized carbons (Fsp3) is 0.190. The Labute approximate surface area is 162 Å². The van der Waals surface area contributed by atoms with E-state index in [0.29, 0.717) is 23.0 Å². The van der Waals surface area contributed by atoms with E-state index < -0.39 is 0 Å². The van der Waals surface area contributed by atoms with Crippen LogP contribution in [-0.2, 0) is 4.79 Å². The molecule has 0 aliphatic carbocycles. The van der Waals surface area contributed by atoms with Gasteiger partial charge in [0.15, 0.2) is 6.61 Å². The molecule has 28 heavy (non-hydrogen) atoms. The highest BCUT2D eigenvalue weighted by Crippen LogP contribution is 2.27. The second-order valence-corrected chi connectivity index (χ2v) is 6.35. The first-order valence-electron chi connectivity index (χ1n) is 8.80. The van der Waals surface area contributed by atoms with Gasteiger partial charge in [-0.3, -0.25) is 4.79 Å². The zero-order valence-corrected chi connectivity index (χ0v) is 15.6. The fourth-order valence-electron chi connectivity index (χ4n) is 2.44. The van der Waals surface area contributed by atoms with Gasteiger partial charge < -0.3 is 14.6 Å². The number of para-hydroxylation sites is 1. The summed E-state index contributed by atoms with van der Waals surface area (Å²) in [6, 6.07) is 13.2. The summed E-state index contributed by atoms with van der Waals surface area (Å²) in [6.07, 6.45) is 3.39. The third kappa shape index (κ3) is 5.26. The summed E-state index contributed by atoms with van der Waals surface area (Å²) < 4.78 is 23.8. The van der Waals surface area contributed by atoms with Crippen molar-refractivity contribution in [2.45, 2.75) is 19.9 Å². The second-order valence-electron chi connectivity index (χ2n) is 6.35. The molecule has 2 aromatic carbocycles. The molecule has 0 radical (unpaired) electrons. The first-order valence-corrected chi connectivity index (χ1v) is 8.80. The zero-order chi connectivity index (χ0) is 19.9. The van der Waals surface area contributed by atoms with Crippen LogP contribution in [0, 0.1) is 5.82 Å². The van der Waals surface area contributed by atoms with Crippen molar-refractivity contribution in [2.75, 3.05) is 6.61 Å². The molecule has 3 aromatic rings. The molecule has 0 saturated carbocycles. The minimum absolute atomic E-state index is 0.0407. The lowest BCUT2D eigenvalue weighted by Crippen LogP contribution is -2.34. The highest BCUT2D eigenvalue weighted by Gasteiger charge is 2.13. The van der Waals surface area contributed by atoms with Gasteiger partial charge >= 0.3 is 0 Å². The molecule has 0 spiro atoms. The normalized spacial score (nSPS) is 11.1. The number of hydrogen-bond acceptors (Lipinski definition) is 5. The molecule has 0 fully saturated rings. The number of ether oxygens (including phenoxy) is 1. The largest absolute Gasteiger partial charge is 0.483 e. The number of halogens is 1.